The third-order valence-corrected chi connectivity index (χ3v) is 4.24. The van der Waals surface area contributed by atoms with Crippen LogP contribution in [0.25, 0.3) is 0 Å². The quantitative estimate of drug-likeness (QED) is 0.833. The minimum Gasteiger partial charge on any atom is -0.491 e. The van der Waals surface area contributed by atoms with Crippen molar-refractivity contribution in [2.24, 2.45) is 5.92 Å². The Bertz CT molecular complexity index is 606. The number of β-amino-alcohol motifs (C(OH)–C–C–N with tert-alkyl or cyclic N) is 1. The third kappa shape index (κ3) is 5.01. The predicted octanol–water partition coefficient (Wildman–Crippen LogP) is 1.57. The summed E-state index contributed by atoms with van der Waals surface area (Å²) < 4.78 is 20.2. The lowest BCUT2D eigenvalue weighted by Crippen LogP contribution is -2.42. The topological polar surface area (TPSA) is 63.4 Å². The number of likely N-dealkylation sites (tertiary alicyclic amines) is 1. The Balaban J connectivity index is 1.41. The molecule has 0 unspecified atom stereocenters. The summed E-state index contributed by atoms with van der Waals surface area (Å²) in [5.74, 6) is 0.790. The summed E-state index contributed by atoms with van der Waals surface area (Å²) in [6.07, 6.45) is 5.01. The molecule has 0 aliphatic carbocycles. The van der Waals surface area contributed by atoms with E-state index < -0.39 is 6.10 Å². The van der Waals surface area contributed by atoms with E-state index in [2.05, 4.69) is 15.0 Å². The van der Waals surface area contributed by atoms with Crippen molar-refractivity contribution < 1.29 is 14.2 Å². The molecule has 6 nitrogen and oxygen atoms in total. The van der Waals surface area contributed by atoms with Gasteiger partial charge >= 0.3 is 0 Å². The van der Waals surface area contributed by atoms with Gasteiger partial charge in [-0.2, -0.15) is 5.10 Å². The highest BCUT2D eigenvalue weighted by molar-refractivity contribution is 5.22. The molecule has 0 saturated carbocycles. The third-order valence-electron chi connectivity index (χ3n) is 4.24. The van der Waals surface area contributed by atoms with Crippen molar-refractivity contribution in [3.63, 3.8) is 0 Å². The molecule has 24 heavy (non-hydrogen) atoms. The lowest BCUT2D eigenvalue weighted by Gasteiger charge is -2.33. The summed E-state index contributed by atoms with van der Waals surface area (Å²) in [6.45, 7) is 3.57. The Morgan fingerprint density at radius 1 is 1.33 bits per heavy atom. The molecule has 130 valence electrons. The molecule has 0 amide bonds. The van der Waals surface area contributed by atoms with E-state index in [-0.39, 0.29) is 12.4 Å². The van der Waals surface area contributed by atoms with Crippen LogP contribution >= 0.6 is 0 Å². The van der Waals surface area contributed by atoms with E-state index in [1.807, 2.05) is 4.68 Å². The first kappa shape index (κ1) is 16.9. The van der Waals surface area contributed by atoms with Crippen LogP contribution in [0.5, 0.6) is 5.75 Å². The normalized spacial score (nSPS) is 20.0. The van der Waals surface area contributed by atoms with Gasteiger partial charge in [0.2, 0.25) is 0 Å². The molecule has 3 rings (SSSR count). The maximum absolute atomic E-state index is 12.8. The lowest BCUT2D eigenvalue weighted by molar-refractivity contribution is 0.0494. The van der Waals surface area contributed by atoms with Gasteiger partial charge < -0.3 is 14.7 Å². The van der Waals surface area contributed by atoms with E-state index in [0.717, 1.165) is 26.1 Å². The summed E-state index contributed by atoms with van der Waals surface area (Å²) in [6, 6.07) is 5.83. The van der Waals surface area contributed by atoms with Crippen molar-refractivity contribution in [3.05, 3.63) is 42.7 Å². The molecule has 1 aliphatic heterocycles. The molecular formula is C17H23FN4O2. The fourth-order valence-electron chi connectivity index (χ4n) is 3.13. The molecule has 1 aromatic carbocycles. The van der Waals surface area contributed by atoms with E-state index in [1.165, 1.54) is 18.6 Å². The zero-order valence-corrected chi connectivity index (χ0v) is 13.6. The molecule has 0 spiro atoms. The van der Waals surface area contributed by atoms with Crippen molar-refractivity contribution in [2.45, 2.75) is 25.5 Å². The number of piperidine rings is 1. The summed E-state index contributed by atoms with van der Waals surface area (Å²) >= 11 is 0. The molecule has 1 N–H and O–H groups in total. The van der Waals surface area contributed by atoms with Gasteiger partial charge in [-0.1, -0.05) is 0 Å². The summed E-state index contributed by atoms with van der Waals surface area (Å²) in [4.78, 5) is 6.24. The second kappa shape index (κ2) is 8.21. The van der Waals surface area contributed by atoms with Gasteiger partial charge in [0.15, 0.2) is 0 Å². The molecule has 1 saturated heterocycles. The molecule has 2 atom stereocenters. The summed E-state index contributed by atoms with van der Waals surface area (Å²) in [7, 11) is 0. The minimum atomic E-state index is -0.569. The Kier molecular flexibility index (Phi) is 5.77. The van der Waals surface area contributed by atoms with Gasteiger partial charge in [0, 0.05) is 19.6 Å². The number of halogens is 1. The monoisotopic (exact) mass is 334 g/mol. The van der Waals surface area contributed by atoms with E-state index in [1.54, 1.807) is 24.8 Å². The van der Waals surface area contributed by atoms with Crippen LogP contribution in [-0.2, 0) is 6.54 Å². The molecule has 1 aromatic heterocycles. The number of hydrogen-bond acceptors (Lipinski definition) is 5. The smallest absolute Gasteiger partial charge is 0.137 e. The van der Waals surface area contributed by atoms with Crippen molar-refractivity contribution in [1.29, 1.82) is 0 Å². The highest BCUT2D eigenvalue weighted by atomic mass is 19.1. The Morgan fingerprint density at radius 2 is 2.17 bits per heavy atom. The van der Waals surface area contributed by atoms with Crippen LogP contribution in [0.15, 0.2) is 36.9 Å². The largest absolute Gasteiger partial charge is 0.491 e. The van der Waals surface area contributed by atoms with Crippen LogP contribution in [-0.4, -0.2) is 57.1 Å². The van der Waals surface area contributed by atoms with Crippen molar-refractivity contribution in [3.8, 4) is 5.75 Å². The number of aliphatic hydroxyl groups excluding tert-OH is 1. The van der Waals surface area contributed by atoms with Crippen molar-refractivity contribution >= 4 is 0 Å². The first-order valence-corrected chi connectivity index (χ1v) is 8.30. The van der Waals surface area contributed by atoms with Crippen LogP contribution < -0.4 is 4.74 Å². The molecule has 0 bridgehead atoms. The minimum absolute atomic E-state index is 0.204. The highest BCUT2D eigenvalue weighted by Gasteiger charge is 2.22. The average molecular weight is 334 g/mol. The number of benzene rings is 1. The molecule has 0 radical (unpaired) electrons. The maximum atomic E-state index is 12.8. The zero-order valence-electron chi connectivity index (χ0n) is 13.6. The van der Waals surface area contributed by atoms with Crippen LogP contribution in [0.4, 0.5) is 4.39 Å². The number of ether oxygens (including phenoxy) is 1. The average Bonchev–Trinajstić information content (AvgIpc) is 3.08. The lowest BCUT2D eigenvalue weighted by atomic mass is 9.98. The van der Waals surface area contributed by atoms with Crippen LogP contribution in [0.2, 0.25) is 0 Å². The van der Waals surface area contributed by atoms with Gasteiger partial charge in [0.05, 0.1) is 0 Å². The molecule has 2 heterocycles. The van der Waals surface area contributed by atoms with Gasteiger partial charge in [0.25, 0.3) is 0 Å². The SMILES string of the molecule is O[C@@H](COc1ccc(F)cc1)CN1CCC[C@H](Cn2cncn2)C1. The van der Waals surface area contributed by atoms with E-state index in [9.17, 15) is 9.50 Å². The van der Waals surface area contributed by atoms with Gasteiger partial charge in [-0.3, -0.25) is 4.68 Å². The van der Waals surface area contributed by atoms with Gasteiger partial charge in [-0.25, -0.2) is 9.37 Å². The van der Waals surface area contributed by atoms with E-state index in [4.69, 9.17) is 4.74 Å². The van der Waals surface area contributed by atoms with Gasteiger partial charge in [-0.15, -0.1) is 0 Å². The molecular weight excluding hydrogens is 311 g/mol. The van der Waals surface area contributed by atoms with Gasteiger partial charge in [0.1, 0.15) is 36.9 Å². The first-order valence-electron chi connectivity index (χ1n) is 8.30. The van der Waals surface area contributed by atoms with Crippen molar-refractivity contribution in [1.82, 2.24) is 19.7 Å². The number of aromatic nitrogens is 3. The fourth-order valence-corrected chi connectivity index (χ4v) is 3.13. The number of nitrogens with zero attached hydrogens (tertiary/aromatic N) is 4. The van der Waals surface area contributed by atoms with Crippen LogP contribution in [0.1, 0.15) is 12.8 Å². The molecule has 1 fully saturated rings. The Labute approximate surface area is 140 Å². The molecule has 2 aromatic rings. The van der Waals surface area contributed by atoms with Gasteiger partial charge in [-0.05, 0) is 49.6 Å². The summed E-state index contributed by atoms with van der Waals surface area (Å²) in [5, 5.41) is 14.3. The van der Waals surface area contributed by atoms with Crippen molar-refractivity contribution in [2.75, 3.05) is 26.2 Å². The first-order chi connectivity index (χ1) is 11.7. The Hall–Kier alpha value is -1.99. The molecule has 1 aliphatic rings. The number of aliphatic hydroxyl groups is 1. The fraction of sp³-hybridized carbons (Fsp3) is 0.529. The Morgan fingerprint density at radius 3 is 2.92 bits per heavy atom. The standard InChI is InChI=1S/C17H23FN4O2/c18-15-3-5-17(6-4-15)24-11-16(23)10-21-7-1-2-14(8-21)9-22-13-19-12-20-22/h3-6,12-14,16,23H,1-2,7-11H2/t14-,16+/m0/s1. The highest BCUT2D eigenvalue weighted by Crippen LogP contribution is 2.18. The number of hydrogen-bond donors (Lipinski definition) is 1. The van der Waals surface area contributed by atoms with E-state index in [0.29, 0.717) is 18.2 Å². The summed E-state index contributed by atoms with van der Waals surface area (Å²) in [5.41, 5.74) is 0. The predicted molar refractivity (Wildman–Crippen MR) is 87.1 cm³/mol. The number of rotatable bonds is 7. The van der Waals surface area contributed by atoms with E-state index >= 15 is 0 Å². The van der Waals surface area contributed by atoms with Crippen LogP contribution in [0, 0.1) is 11.7 Å². The van der Waals surface area contributed by atoms with Crippen LogP contribution in [0.3, 0.4) is 0 Å². The second-order valence-electron chi connectivity index (χ2n) is 6.30. The second-order valence-corrected chi connectivity index (χ2v) is 6.30. The maximum Gasteiger partial charge on any atom is 0.137 e. The molecule has 7 heteroatoms. The zero-order chi connectivity index (χ0) is 16.8.